The number of unbranched alkanes of at least 4 members (excludes halogenated alkanes) is 1. The highest BCUT2D eigenvalue weighted by Crippen LogP contribution is 2.06. The number of rotatable bonds is 6. The molecule has 0 spiro atoms. The Kier molecular flexibility index (Phi) is 5.59. The first-order chi connectivity index (χ1) is 6.07. The van der Waals surface area contributed by atoms with E-state index >= 15 is 0 Å². The maximum atomic E-state index is 10.6. The number of nitrogens with two attached hydrogens (primary N) is 1. The normalized spacial score (nSPS) is 13.0. The number of primary amides is 1. The summed E-state index contributed by atoms with van der Waals surface area (Å²) in [5, 5.41) is 8.66. The number of allylic oxidation sites excluding steroid dienone is 1. The number of carboxylic acids is 1. The van der Waals surface area contributed by atoms with Crippen LogP contribution in [0.3, 0.4) is 0 Å². The number of aliphatic carboxylic acids is 1. The lowest BCUT2D eigenvalue weighted by atomic mass is 10.0. The number of carboxylic acid groups (broad SMARTS) is 1. The van der Waals surface area contributed by atoms with Crippen LogP contribution in [0.4, 0.5) is 0 Å². The summed E-state index contributed by atoms with van der Waals surface area (Å²) >= 11 is 0. The van der Waals surface area contributed by atoms with Gasteiger partial charge in [-0.2, -0.15) is 0 Å². The van der Waals surface area contributed by atoms with Gasteiger partial charge in [0.2, 0.25) is 5.91 Å². The molecule has 0 rings (SSSR count). The topological polar surface area (TPSA) is 80.4 Å². The van der Waals surface area contributed by atoms with Gasteiger partial charge in [-0.3, -0.25) is 9.59 Å². The molecule has 0 heterocycles. The predicted octanol–water partition coefficient (Wildman–Crippen LogP) is 0.919. The van der Waals surface area contributed by atoms with Crippen molar-refractivity contribution >= 4 is 11.9 Å². The van der Waals surface area contributed by atoms with Crippen molar-refractivity contribution in [3.63, 3.8) is 0 Å². The first-order valence-corrected chi connectivity index (χ1v) is 4.25. The van der Waals surface area contributed by atoms with E-state index in [0.29, 0.717) is 0 Å². The van der Waals surface area contributed by atoms with Crippen molar-refractivity contribution in [1.29, 1.82) is 0 Å². The van der Waals surface area contributed by atoms with Gasteiger partial charge in [0.05, 0.1) is 5.92 Å². The highest BCUT2D eigenvalue weighted by molar-refractivity contribution is 5.82. The minimum atomic E-state index is -1.01. The highest BCUT2D eigenvalue weighted by Gasteiger charge is 2.15. The minimum Gasteiger partial charge on any atom is -0.481 e. The summed E-state index contributed by atoms with van der Waals surface area (Å²) in [5.74, 6) is -2.37. The molecule has 0 aliphatic heterocycles. The Morgan fingerprint density at radius 3 is 2.54 bits per heavy atom. The lowest BCUT2D eigenvalue weighted by Crippen LogP contribution is -2.20. The van der Waals surface area contributed by atoms with Gasteiger partial charge in [-0.15, -0.1) is 0 Å². The standard InChI is InChI=1S/C9H15NO3/c1-2-3-4-5-7(9(12)13)6-8(10)11/h4-5,7H,2-3,6H2,1H3,(H2,10,11)(H,12,13). The maximum absolute atomic E-state index is 10.6. The molecule has 0 aromatic rings. The molecule has 0 aliphatic rings. The molecule has 1 amide bonds. The van der Waals surface area contributed by atoms with Gasteiger partial charge < -0.3 is 10.8 Å². The van der Waals surface area contributed by atoms with Gasteiger partial charge in [0.25, 0.3) is 0 Å². The van der Waals surface area contributed by atoms with E-state index in [1.807, 2.05) is 6.92 Å². The largest absolute Gasteiger partial charge is 0.481 e. The zero-order valence-electron chi connectivity index (χ0n) is 7.69. The van der Waals surface area contributed by atoms with Crippen LogP contribution in [-0.2, 0) is 9.59 Å². The van der Waals surface area contributed by atoms with Crippen LogP contribution in [0, 0.1) is 5.92 Å². The maximum Gasteiger partial charge on any atom is 0.310 e. The summed E-state index contributed by atoms with van der Waals surface area (Å²) in [4.78, 5) is 21.0. The van der Waals surface area contributed by atoms with E-state index in [4.69, 9.17) is 10.8 Å². The van der Waals surface area contributed by atoms with Crippen molar-refractivity contribution in [2.75, 3.05) is 0 Å². The SMILES string of the molecule is CCCC=CC(CC(N)=O)C(=O)O. The summed E-state index contributed by atoms with van der Waals surface area (Å²) in [7, 11) is 0. The molecular weight excluding hydrogens is 170 g/mol. The summed E-state index contributed by atoms with van der Waals surface area (Å²) in [5.41, 5.74) is 4.90. The Hall–Kier alpha value is -1.32. The van der Waals surface area contributed by atoms with Crippen molar-refractivity contribution in [2.24, 2.45) is 11.7 Å². The van der Waals surface area contributed by atoms with Crippen LogP contribution in [0.2, 0.25) is 0 Å². The van der Waals surface area contributed by atoms with Crippen molar-refractivity contribution < 1.29 is 14.7 Å². The molecule has 0 aromatic heterocycles. The van der Waals surface area contributed by atoms with E-state index in [1.165, 1.54) is 6.08 Å². The summed E-state index contributed by atoms with van der Waals surface area (Å²) in [6.07, 6.45) is 4.94. The number of hydrogen-bond donors (Lipinski definition) is 2. The van der Waals surface area contributed by atoms with Crippen LogP contribution in [-0.4, -0.2) is 17.0 Å². The molecule has 1 unspecified atom stereocenters. The number of hydrogen-bond acceptors (Lipinski definition) is 2. The minimum absolute atomic E-state index is 0.129. The Morgan fingerprint density at radius 1 is 1.54 bits per heavy atom. The molecule has 0 fully saturated rings. The number of carbonyl (C=O) groups excluding carboxylic acids is 1. The molecule has 0 saturated heterocycles. The molecule has 4 heteroatoms. The van der Waals surface area contributed by atoms with E-state index in [-0.39, 0.29) is 6.42 Å². The van der Waals surface area contributed by atoms with Gasteiger partial charge in [-0.25, -0.2) is 0 Å². The molecule has 0 aromatic carbocycles. The zero-order valence-corrected chi connectivity index (χ0v) is 7.69. The van der Waals surface area contributed by atoms with E-state index < -0.39 is 17.8 Å². The van der Waals surface area contributed by atoms with Crippen LogP contribution < -0.4 is 5.73 Å². The Labute approximate surface area is 77.4 Å². The van der Waals surface area contributed by atoms with Crippen molar-refractivity contribution in [1.82, 2.24) is 0 Å². The first-order valence-electron chi connectivity index (χ1n) is 4.25. The average molecular weight is 185 g/mol. The summed E-state index contributed by atoms with van der Waals surface area (Å²) in [6.45, 7) is 1.99. The summed E-state index contributed by atoms with van der Waals surface area (Å²) in [6, 6.07) is 0. The number of amides is 1. The second-order valence-corrected chi connectivity index (χ2v) is 2.83. The third kappa shape index (κ3) is 5.90. The molecule has 4 nitrogen and oxygen atoms in total. The van der Waals surface area contributed by atoms with E-state index in [9.17, 15) is 9.59 Å². The molecule has 74 valence electrons. The van der Waals surface area contributed by atoms with Crippen LogP contribution in [0.5, 0.6) is 0 Å². The molecular formula is C9H15NO3. The third-order valence-corrected chi connectivity index (χ3v) is 1.56. The highest BCUT2D eigenvalue weighted by atomic mass is 16.4. The molecule has 0 radical (unpaired) electrons. The van der Waals surface area contributed by atoms with Crippen molar-refractivity contribution in [3.05, 3.63) is 12.2 Å². The van der Waals surface area contributed by atoms with Gasteiger partial charge in [0.15, 0.2) is 0 Å². The van der Waals surface area contributed by atoms with Crippen LogP contribution in [0.1, 0.15) is 26.2 Å². The fourth-order valence-electron chi connectivity index (χ4n) is 0.882. The van der Waals surface area contributed by atoms with Crippen LogP contribution >= 0.6 is 0 Å². The first kappa shape index (κ1) is 11.7. The molecule has 0 aliphatic carbocycles. The van der Waals surface area contributed by atoms with Crippen LogP contribution in [0.25, 0.3) is 0 Å². The molecule has 13 heavy (non-hydrogen) atoms. The lowest BCUT2D eigenvalue weighted by Gasteiger charge is -2.03. The molecule has 3 N–H and O–H groups in total. The summed E-state index contributed by atoms with van der Waals surface area (Å²) < 4.78 is 0. The second-order valence-electron chi connectivity index (χ2n) is 2.83. The van der Waals surface area contributed by atoms with Crippen molar-refractivity contribution in [2.45, 2.75) is 26.2 Å². The van der Waals surface area contributed by atoms with E-state index in [0.717, 1.165) is 12.8 Å². The molecule has 0 saturated carbocycles. The second kappa shape index (κ2) is 6.22. The van der Waals surface area contributed by atoms with E-state index in [1.54, 1.807) is 6.08 Å². The fourth-order valence-corrected chi connectivity index (χ4v) is 0.882. The van der Waals surface area contributed by atoms with Gasteiger partial charge >= 0.3 is 5.97 Å². The quantitative estimate of drug-likeness (QED) is 0.604. The molecule has 1 atom stereocenters. The Bertz CT molecular complexity index is 211. The van der Waals surface area contributed by atoms with Crippen LogP contribution in [0.15, 0.2) is 12.2 Å². The number of carbonyl (C=O) groups is 2. The third-order valence-electron chi connectivity index (χ3n) is 1.56. The monoisotopic (exact) mass is 185 g/mol. The Morgan fingerprint density at radius 2 is 2.15 bits per heavy atom. The zero-order chi connectivity index (χ0) is 10.3. The lowest BCUT2D eigenvalue weighted by molar-refractivity contribution is -0.141. The van der Waals surface area contributed by atoms with E-state index in [2.05, 4.69) is 0 Å². The average Bonchev–Trinajstić information content (AvgIpc) is 2.02. The van der Waals surface area contributed by atoms with Gasteiger partial charge in [-0.1, -0.05) is 25.5 Å². The Balaban J connectivity index is 4.09. The molecule has 0 bridgehead atoms. The smallest absolute Gasteiger partial charge is 0.310 e. The fraction of sp³-hybridized carbons (Fsp3) is 0.556. The van der Waals surface area contributed by atoms with Gasteiger partial charge in [0, 0.05) is 6.42 Å². The van der Waals surface area contributed by atoms with Crippen molar-refractivity contribution in [3.8, 4) is 0 Å². The van der Waals surface area contributed by atoms with Gasteiger partial charge in [-0.05, 0) is 6.42 Å². The predicted molar refractivity (Wildman–Crippen MR) is 49.0 cm³/mol. The van der Waals surface area contributed by atoms with Gasteiger partial charge in [0.1, 0.15) is 0 Å².